The average Bonchev–Trinajstić information content (AvgIpc) is 2.28. The quantitative estimate of drug-likeness (QED) is 0.795. The molecular formula is C14H15BrN2. The summed E-state index contributed by atoms with van der Waals surface area (Å²) >= 11 is 3.37. The molecule has 0 fully saturated rings. The van der Waals surface area contributed by atoms with Crippen LogP contribution in [0.1, 0.15) is 19.4 Å². The average molecular weight is 291 g/mol. The summed E-state index contributed by atoms with van der Waals surface area (Å²) in [4.78, 5) is 8.33. The van der Waals surface area contributed by atoms with Crippen molar-refractivity contribution < 1.29 is 0 Å². The van der Waals surface area contributed by atoms with Crippen molar-refractivity contribution in [3.8, 4) is 11.3 Å². The zero-order valence-electron chi connectivity index (χ0n) is 10.0. The zero-order chi connectivity index (χ0) is 12.3. The number of halogens is 1. The first-order valence-electron chi connectivity index (χ1n) is 5.72. The van der Waals surface area contributed by atoms with Gasteiger partial charge in [-0.2, -0.15) is 0 Å². The molecule has 2 nitrogen and oxygen atoms in total. The van der Waals surface area contributed by atoms with Crippen LogP contribution in [0.4, 0.5) is 0 Å². The molecule has 0 N–H and O–H groups in total. The maximum absolute atomic E-state index is 4.29. The van der Waals surface area contributed by atoms with Gasteiger partial charge in [-0.15, -0.1) is 0 Å². The standard InChI is InChI=1S/C14H15BrN2/c1-10(2)6-11-4-3-5-12(7-11)13-8-14(15)17-9-16-13/h3-5,7-10H,6H2,1-2H3. The summed E-state index contributed by atoms with van der Waals surface area (Å²) in [6.45, 7) is 4.46. The van der Waals surface area contributed by atoms with Gasteiger partial charge in [0.2, 0.25) is 0 Å². The summed E-state index contributed by atoms with van der Waals surface area (Å²) in [5.41, 5.74) is 3.45. The summed E-state index contributed by atoms with van der Waals surface area (Å²) in [6.07, 6.45) is 2.68. The van der Waals surface area contributed by atoms with Crippen LogP contribution in [0.3, 0.4) is 0 Å². The minimum absolute atomic E-state index is 0.669. The van der Waals surface area contributed by atoms with Gasteiger partial charge in [-0.1, -0.05) is 32.0 Å². The molecule has 2 rings (SSSR count). The number of nitrogens with zero attached hydrogens (tertiary/aromatic N) is 2. The molecule has 0 aliphatic carbocycles. The SMILES string of the molecule is CC(C)Cc1cccc(-c2cc(Br)ncn2)c1. The van der Waals surface area contributed by atoms with Gasteiger partial charge >= 0.3 is 0 Å². The van der Waals surface area contributed by atoms with Gasteiger partial charge in [0, 0.05) is 5.56 Å². The summed E-state index contributed by atoms with van der Waals surface area (Å²) < 4.78 is 0.816. The van der Waals surface area contributed by atoms with Gasteiger partial charge in [0.1, 0.15) is 10.9 Å². The molecule has 0 unspecified atom stereocenters. The minimum atomic E-state index is 0.669. The van der Waals surface area contributed by atoms with Crippen LogP contribution in [0.2, 0.25) is 0 Å². The van der Waals surface area contributed by atoms with Crippen LogP contribution in [0, 0.1) is 5.92 Å². The van der Waals surface area contributed by atoms with Crippen molar-refractivity contribution in [2.75, 3.05) is 0 Å². The molecule has 0 amide bonds. The van der Waals surface area contributed by atoms with Gasteiger partial charge in [-0.25, -0.2) is 9.97 Å². The maximum Gasteiger partial charge on any atom is 0.117 e. The van der Waals surface area contributed by atoms with Gasteiger partial charge in [0.05, 0.1) is 5.69 Å². The van der Waals surface area contributed by atoms with Crippen LogP contribution < -0.4 is 0 Å². The van der Waals surface area contributed by atoms with Crippen molar-refractivity contribution in [2.24, 2.45) is 5.92 Å². The van der Waals surface area contributed by atoms with E-state index in [0.717, 1.165) is 22.3 Å². The van der Waals surface area contributed by atoms with Crippen LogP contribution >= 0.6 is 15.9 Å². The molecule has 0 aliphatic heterocycles. The largest absolute Gasteiger partial charge is 0.236 e. The van der Waals surface area contributed by atoms with E-state index in [0.29, 0.717) is 5.92 Å². The Morgan fingerprint density at radius 2 is 2.00 bits per heavy atom. The molecule has 1 aromatic carbocycles. The highest BCUT2D eigenvalue weighted by Gasteiger charge is 2.03. The zero-order valence-corrected chi connectivity index (χ0v) is 11.6. The van der Waals surface area contributed by atoms with Crippen LogP contribution in [0.15, 0.2) is 41.3 Å². The van der Waals surface area contributed by atoms with Crippen LogP contribution in [0.5, 0.6) is 0 Å². The second kappa shape index (κ2) is 5.41. The number of rotatable bonds is 3. The summed E-state index contributed by atoms with van der Waals surface area (Å²) in [6, 6.07) is 10.5. The first-order chi connectivity index (χ1) is 8.15. The van der Waals surface area contributed by atoms with Crippen molar-refractivity contribution in [1.29, 1.82) is 0 Å². The predicted molar refractivity (Wildman–Crippen MR) is 73.7 cm³/mol. The van der Waals surface area contributed by atoms with E-state index in [1.54, 1.807) is 6.33 Å². The Bertz CT molecular complexity index is 509. The highest BCUT2D eigenvalue weighted by molar-refractivity contribution is 9.10. The number of benzene rings is 1. The Balaban J connectivity index is 2.33. The third-order valence-corrected chi connectivity index (χ3v) is 2.93. The molecule has 2 aromatic rings. The fourth-order valence-corrected chi connectivity index (χ4v) is 2.13. The highest BCUT2D eigenvalue weighted by atomic mass is 79.9. The highest BCUT2D eigenvalue weighted by Crippen LogP contribution is 2.21. The van der Waals surface area contributed by atoms with Crippen molar-refractivity contribution >= 4 is 15.9 Å². The van der Waals surface area contributed by atoms with Gasteiger partial charge in [-0.05, 0) is 46.0 Å². The molecule has 17 heavy (non-hydrogen) atoms. The van der Waals surface area contributed by atoms with Crippen molar-refractivity contribution in [1.82, 2.24) is 9.97 Å². The van der Waals surface area contributed by atoms with E-state index in [2.05, 4.69) is 64.0 Å². The fourth-order valence-electron chi connectivity index (χ4n) is 1.82. The second-order valence-corrected chi connectivity index (χ2v) is 5.34. The lowest BCUT2D eigenvalue weighted by atomic mass is 10.00. The third-order valence-electron chi connectivity index (χ3n) is 2.50. The number of aromatic nitrogens is 2. The molecule has 3 heteroatoms. The molecule has 0 aliphatic rings. The Morgan fingerprint density at radius 1 is 1.18 bits per heavy atom. The molecule has 0 radical (unpaired) electrons. The van der Waals surface area contributed by atoms with Crippen molar-refractivity contribution in [3.05, 3.63) is 46.8 Å². The van der Waals surface area contributed by atoms with Crippen molar-refractivity contribution in [2.45, 2.75) is 20.3 Å². The summed E-state index contributed by atoms with van der Waals surface area (Å²) in [5.74, 6) is 0.669. The van der Waals surface area contributed by atoms with Gasteiger partial charge < -0.3 is 0 Å². The Labute approximate surface area is 110 Å². The van der Waals surface area contributed by atoms with Gasteiger partial charge in [0.15, 0.2) is 0 Å². The molecule has 1 heterocycles. The minimum Gasteiger partial charge on any atom is -0.236 e. The second-order valence-electron chi connectivity index (χ2n) is 4.52. The van der Waals surface area contributed by atoms with E-state index in [-0.39, 0.29) is 0 Å². The molecule has 1 aromatic heterocycles. The normalized spacial score (nSPS) is 10.8. The smallest absolute Gasteiger partial charge is 0.117 e. The van der Waals surface area contributed by atoms with E-state index in [1.165, 1.54) is 5.56 Å². The van der Waals surface area contributed by atoms with E-state index in [1.807, 2.05) is 6.07 Å². The fraction of sp³-hybridized carbons (Fsp3) is 0.286. The first-order valence-corrected chi connectivity index (χ1v) is 6.51. The molecule has 0 spiro atoms. The predicted octanol–water partition coefficient (Wildman–Crippen LogP) is 4.10. The first kappa shape index (κ1) is 12.2. The molecule has 88 valence electrons. The van der Waals surface area contributed by atoms with E-state index in [9.17, 15) is 0 Å². The topological polar surface area (TPSA) is 25.8 Å². The Morgan fingerprint density at radius 3 is 2.71 bits per heavy atom. The molecule has 0 bridgehead atoms. The lowest BCUT2D eigenvalue weighted by molar-refractivity contribution is 0.647. The molecule has 0 atom stereocenters. The summed E-state index contributed by atoms with van der Waals surface area (Å²) in [7, 11) is 0. The summed E-state index contributed by atoms with van der Waals surface area (Å²) in [5, 5.41) is 0. The van der Waals surface area contributed by atoms with Gasteiger partial charge in [0.25, 0.3) is 0 Å². The number of hydrogen-bond donors (Lipinski definition) is 0. The molecule has 0 saturated carbocycles. The van der Waals surface area contributed by atoms with Crippen LogP contribution in [-0.4, -0.2) is 9.97 Å². The lowest BCUT2D eigenvalue weighted by Crippen LogP contribution is -1.94. The lowest BCUT2D eigenvalue weighted by Gasteiger charge is -2.07. The maximum atomic E-state index is 4.29. The molecule has 0 saturated heterocycles. The van der Waals surface area contributed by atoms with Gasteiger partial charge in [-0.3, -0.25) is 0 Å². The van der Waals surface area contributed by atoms with Crippen LogP contribution in [0.25, 0.3) is 11.3 Å². The van der Waals surface area contributed by atoms with Crippen molar-refractivity contribution in [3.63, 3.8) is 0 Å². The molecular weight excluding hydrogens is 276 g/mol. The monoisotopic (exact) mass is 290 g/mol. The Hall–Kier alpha value is -1.22. The van der Waals surface area contributed by atoms with Crippen LogP contribution in [-0.2, 0) is 6.42 Å². The Kier molecular flexibility index (Phi) is 3.89. The van der Waals surface area contributed by atoms with E-state index in [4.69, 9.17) is 0 Å². The van der Waals surface area contributed by atoms with E-state index < -0.39 is 0 Å². The number of hydrogen-bond acceptors (Lipinski definition) is 2. The van der Waals surface area contributed by atoms with E-state index >= 15 is 0 Å². The third kappa shape index (κ3) is 3.37.